The molecule has 0 saturated carbocycles. The van der Waals surface area contributed by atoms with Gasteiger partial charge in [0.1, 0.15) is 5.69 Å². The average Bonchev–Trinajstić information content (AvgIpc) is 2.67. The summed E-state index contributed by atoms with van der Waals surface area (Å²) in [6.45, 7) is 2.74. The zero-order chi connectivity index (χ0) is 11.7. The third-order valence-electron chi connectivity index (χ3n) is 2.57. The molecule has 0 spiro atoms. The van der Waals surface area contributed by atoms with Crippen LogP contribution >= 0.6 is 11.8 Å². The van der Waals surface area contributed by atoms with E-state index in [0.717, 1.165) is 12.3 Å². The number of aromatic nitrogens is 2. The van der Waals surface area contributed by atoms with Crippen LogP contribution in [0, 0.1) is 0 Å². The Labute approximate surface area is 97.4 Å². The molecule has 16 heavy (non-hydrogen) atoms. The molecule has 86 valence electrons. The van der Waals surface area contributed by atoms with Crippen molar-refractivity contribution in [1.82, 2.24) is 14.7 Å². The van der Waals surface area contributed by atoms with Gasteiger partial charge in [-0.3, -0.25) is 9.59 Å². The van der Waals surface area contributed by atoms with Crippen LogP contribution in [-0.2, 0) is 7.05 Å². The van der Waals surface area contributed by atoms with Crippen molar-refractivity contribution in [2.45, 2.75) is 12.3 Å². The highest BCUT2D eigenvalue weighted by atomic mass is 32.2. The maximum Gasteiger partial charge on any atom is 0.275 e. The van der Waals surface area contributed by atoms with E-state index in [1.807, 2.05) is 6.92 Å². The molecule has 5 nitrogen and oxygen atoms in total. The van der Waals surface area contributed by atoms with Gasteiger partial charge in [0, 0.05) is 25.4 Å². The topological polar surface area (TPSA) is 55.2 Å². The minimum absolute atomic E-state index is 0.104. The average molecular weight is 239 g/mol. The number of hydrogen-bond donors (Lipinski definition) is 0. The number of carbonyl (C=O) groups excluding carboxylic acids is 1. The van der Waals surface area contributed by atoms with Gasteiger partial charge in [-0.1, -0.05) is 0 Å². The number of hydrogen-bond acceptors (Lipinski definition) is 4. The normalized spacial score (nSPS) is 20.1. The molecule has 1 amide bonds. The summed E-state index contributed by atoms with van der Waals surface area (Å²) >= 11 is 1.74. The van der Waals surface area contributed by atoms with Crippen LogP contribution in [0.5, 0.6) is 0 Å². The van der Waals surface area contributed by atoms with Crippen LogP contribution < -0.4 is 5.56 Å². The third kappa shape index (κ3) is 1.97. The molecule has 0 aromatic carbocycles. The number of aryl methyl sites for hydroxylation is 1. The van der Waals surface area contributed by atoms with Crippen LogP contribution in [0.15, 0.2) is 16.9 Å². The molecule has 1 aliphatic heterocycles. The minimum atomic E-state index is -0.208. The molecule has 2 rings (SSSR count). The van der Waals surface area contributed by atoms with Gasteiger partial charge in [0.05, 0.1) is 5.37 Å². The number of thioether (sulfide) groups is 1. The summed E-state index contributed by atoms with van der Waals surface area (Å²) in [7, 11) is 1.54. The van der Waals surface area contributed by atoms with Crippen LogP contribution in [0.4, 0.5) is 0 Å². The maximum atomic E-state index is 12.1. The van der Waals surface area contributed by atoms with E-state index in [9.17, 15) is 9.59 Å². The standard InChI is InChI=1S/C10H13N3O2S/c1-7-13(5-6-16-7)10(15)8-3-4-9(14)12(2)11-8/h3-4,7H,5-6H2,1-2H3. The molecule has 6 heteroatoms. The summed E-state index contributed by atoms with van der Waals surface area (Å²) < 4.78 is 1.18. The molecule has 0 N–H and O–H groups in total. The first-order chi connectivity index (χ1) is 7.59. The second-order valence-electron chi connectivity index (χ2n) is 3.65. The molecule has 1 aromatic rings. The van der Waals surface area contributed by atoms with E-state index in [-0.39, 0.29) is 16.8 Å². The molecule has 0 aliphatic carbocycles. The quantitative estimate of drug-likeness (QED) is 0.708. The van der Waals surface area contributed by atoms with Crippen molar-refractivity contribution in [1.29, 1.82) is 0 Å². The Morgan fingerprint density at radius 1 is 1.56 bits per heavy atom. The lowest BCUT2D eigenvalue weighted by molar-refractivity contribution is 0.0760. The smallest absolute Gasteiger partial charge is 0.275 e. The Hall–Kier alpha value is -1.30. The Morgan fingerprint density at radius 3 is 2.88 bits per heavy atom. The molecule has 1 fully saturated rings. The molecule has 1 aromatic heterocycles. The van der Waals surface area contributed by atoms with Crippen molar-refractivity contribution >= 4 is 17.7 Å². The van der Waals surface area contributed by atoms with Crippen LogP contribution in [0.1, 0.15) is 17.4 Å². The van der Waals surface area contributed by atoms with Gasteiger partial charge in [-0.2, -0.15) is 5.10 Å². The highest BCUT2D eigenvalue weighted by molar-refractivity contribution is 8.00. The third-order valence-corrected chi connectivity index (χ3v) is 3.73. The van der Waals surface area contributed by atoms with Crippen LogP contribution in [-0.4, -0.2) is 38.3 Å². The van der Waals surface area contributed by atoms with Gasteiger partial charge in [-0.15, -0.1) is 11.8 Å². The monoisotopic (exact) mass is 239 g/mol. The number of nitrogens with zero attached hydrogens (tertiary/aromatic N) is 3. The minimum Gasteiger partial charge on any atom is -0.325 e. The molecule has 0 radical (unpaired) electrons. The van der Waals surface area contributed by atoms with E-state index in [1.54, 1.807) is 23.7 Å². The van der Waals surface area contributed by atoms with Crippen LogP contribution in [0.3, 0.4) is 0 Å². The number of carbonyl (C=O) groups is 1. The molecule has 1 atom stereocenters. The summed E-state index contributed by atoms with van der Waals surface area (Å²) in [5, 5.41) is 4.14. The summed E-state index contributed by atoms with van der Waals surface area (Å²) in [6.07, 6.45) is 0. The predicted octanol–water partition coefficient (Wildman–Crippen LogP) is 0.315. The van der Waals surface area contributed by atoms with Gasteiger partial charge >= 0.3 is 0 Å². The summed E-state index contributed by atoms with van der Waals surface area (Å²) in [5.74, 6) is 0.853. The lowest BCUT2D eigenvalue weighted by Crippen LogP contribution is -2.35. The van der Waals surface area contributed by atoms with Gasteiger partial charge in [-0.05, 0) is 13.0 Å². The molecule has 1 aliphatic rings. The zero-order valence-electron chi connectivity index (χ0n) is 9.21. The fraction of sp³-hybridized carbons (Fsp3) is 0.500. The summed E-state index contributed by atoms with van der Waals surface area (Å²) in [5.41, 5.74) is 0.122. The second kappa shape index (κ2) is 4.29. The number of rotatable bonds is 1. The first-order valence-corrected chi connectivity index (χ1v) is 6.11. The van der Waals surface area contributed by atoms with Gasteiger partial charge in [0.2, 0.25) is 0 Å². The Balaban J connectivity index is 2.27. The predicted molar refractivity (Wildman–Crippen MR) is 62.4 cm³/mol. The summed E-state index contributed by atoms with van der Waals surface area (Å²) in [6, 6.07) is 2.86. The van der Waals surface area contributed by atoms with Gasteiger partial charge < -0.3 is 4.90 Å². The highest BCUT2D eigenvalue weighted by Gasteiger charge is 2.27. The number of amides is 1. The first-order valence-electron chi connectivity index (χ1n) is 5.06. The maximum absolute atomic E-state index is 12.1. The van der Waals surface area contributed by atoms with E-state index in [4.69, 9.17) is 0 Å². The SMILES string of the molecule is CC1SCCN1C(=O)c1ccc(=O)n(C)n1. The lowest BCUT2D eigenvalue weighted by atomic mass is 10.3. The van der Waals surface area contributed by atoms with Gasteiger partial charge in [-0.25, -0.2) is 4.68 Å². The second-order valence-corrected chi connectivity index (χ2v) is 5.07. The van der Waals surface area contributed by atoms with Crippen LogP contribution in [0.2, 0.25) is 0 Å². The van der Waals surface area contributed by atoms with Gasteiger partial charge in [0.15, 0.2) is 0 Å². The van der Waals surface area contributed by atoms with Crippen molar-refractivity contribution in [2.75, 3.05) is 12.3 Å². The highest BCUT2D eigenvalue weighted by Crippen LogP contribution is 2.23. The Bertz CT molecular complexity index is 471. The van der Waals surface area contributed by atoms with E-state index < -0.39 is 0 Å². The molecule has 2 heterocycles. The fourth-order valence-electron chi connectivity index (χ4n) is 1.62. The first kappa shape index (κ1) is 11.2. The van der Waals surface area contributed by atoms with Crippen molar-refractivity contribution in [3.63, 3.8) is 0 Å². The van der Waals surface area contributed by atoms with Crippen molar-refractivity contribution in [3.8, 4) is 0 Å². The van der Waals surface area contributed by atoms with Gasteiger partial charge in [0.25, 0.3) is 11.5 Å². The fourth-order valence-corrected chi connectivity index (χ4v) is 2.65. The van der Waals surface area contributed by atoms with E-state index in [1.165, 1.54) is 16.8 Å². The molecular weight excluding hydrogens is 226 g/mol. The Morgan fingerprint density at radius 2 is 2.31 bits per heavy atom. The molecule has 1 saturated heterocycles. The Kier molecular flexibility index (Phi) is 3.00. The molecular formula is C10H13N3O2S. The van der Waals surface area contributed by atoms with Crippen molar-refractivity contribution < 1.29 is 4.79 Å². The van der Waals surface area contributed by atoms with Crippen LogP contribution in [0.25, 0.3) is 0 Å². The van der Waals surface area contributed by atoms with Crippen molar-refractivity contribution in [2.24, 2.45) is 7.05 Å². The van der Waals surface area contributed by atoms with E-state index in [0.29, 0.717) is 5.69 Å². The summed E-state index contributed by atoms with van der Waals surface area (Å²) in [4.78, 5) is 25.0. The molecule has 0 bridgehead atoms. The molecule has 1 unspecified atom stereocenters. The van der Waals surface area contributed by atoms with Crippen molar-refractivity contribution in [3.05, 3.63) is 28.2 Å². The van der Waals surface area contributed by atoms with E-state index in [2.05, 4.69) is 5.10 Å². The zero-order valence-corrected chi connectivity index (χ0v) is 10.0. The largest absolute Gasteiger partial charge is 0.325 e. The lowest BCUT2D eigenvalue weighted by Gasteiger charge is -2.19. The van der Waals surface area contributed by atoms with E-state index >= 15 is 0 Å².